The molecule has 2 amide bonds. The monoisotopic (exact) mass is 626 g/mol. The minimum absolute atomic E-state index is 0.00755. The van der Waals surface area contributed by atoms with E-state index in [2.05, 4.69) is 27.2 Å². The number of carbonyl (C=O) groups excluding carboxylic acids is 4. The number of fused-ring (bicyclic) bond motifs is 1. The molecule has 12 nitrogen and oxygen atoms in total. The van der Waals surface area contributed by atoms with E-state index in [1.807, 2.05) is 32.9 Å². The molecule has 5 rings (SSSR count). The van der Waals surface area contributed by atoms with E-state index in [0.717, 1.165) is 29.4 Å². The number of rotatable bonds is 10. The van der Waals surface area contributed by atoms with Gasteiger partial charge in [-0.1, -0.05) is 70.2 Å². The molecule has 0 saturated heterocycles. The number of Topliss-reactive ketones (excluding diaryl/α,β-unsaturated/α-hetero) is 2. The summed E-state index contributed by atoms with van der Waals surface area (Å²) >= 11 is 0. The zero-order valence-electron chi connectivity index (χ0n) is 26.1. The lowest BCUT2D eigenvalue weighted by atomic mass is 9.89. The summed E-state index contributed by atoms with van der Waals surface area (Å²) in [6.45, 7) is 10.3. The summed E-state index contributed by atoms with van der Waals surface area (Å²) in [4.78, 5) is 71.6. The molecular formula is C34H38N6O6. The standard InChI is InChI=1S/C32H32N6O6.C2H6/c1-3-4-23(19-6-8-20(9-7-19)32(43)44)37-31(42)25-12-24(35-16-36-25)30(41)34-13-18-5-10-22-21(11-18)14-38(15-26(22)39)28-17(2)29(40)27(28)33;1-2/h5-8,10-12,16,20,23H,2-4,9,13-15,33H2,1H3,(H,34,41)(H,37,42)(H,43,44);1-2H3. The quantitative estimate of drug-likeness (QED) is 0.286. The van der Waals surface area contributed by atoms with E-state index in [4.69, 9.17) is 5.73 Å². The second-order valence-electron chi connectivity index (χ2n) is 10.9. The number of carboxylic acid groups (broad SMARTS) is 1. The summed E-state index contributed by atoms with van der Waals surface area (Å²) in [6, 6.07) is 6.26. The van der Waals surface area contributed by atoms with Crippen molar-refractivity contribution in [3.8, 4) is 0 Å². The lowest BCUT2D eigenvalue weighted by Crippen LogP contribution is -2.42. The van der Waals surface area contributed by atoms with E-state index in [9.17, 15) is 29.1 Å². The average molecular weight is 627 g/mol. The van der Waals surface area contributed by atoms with Crippen LogP contribution in [-0.4, -0.2) is 61.9 Å². The highest BCUT2D eigenvalue weighted by Gasteiger charge is 2.36. The van der Waals surface area contributed by atoms with Crippen molar-refractivity contribution in [2.75, 3.05) is 6.54 Å². The van der Waals surface area contributed by atoms with E-state index in [-0.39, 0.29) is 53.4 Å². The lowest BCUT2D eigenvalue weighted by molar-refractivity contribution is -0.140. The molecule has 0 fully saturated rings. The molecule has 12 heteroatoms. The molecule has 0 spiro atoms. The van der Waals surface area contributed by atoms with Gasteiger partial charge in [0.15, 0.2) is 5.78 Å². The number of hydrogen-bond acceptors (Lipinski definition) is 9. The third-order valence-electron chi connectivity index (χ3n) is 7.86. The van der Waals surface area contributed by atoms with Crippen LogP contribution in [0.15, 0.2) is 77.9 Å². The molecule has 5 N–H and O–H groups in total. The Kier molecular flexibility index (Phi) is 10.6. The van der Waals surface area contributed by atoms with Gasteiger partial charge in [-0.2, -0.15) is 0 Å². The first-order valence-electron chi connectivity index (χ1n) is 15.2. The maximum atomic E-state index is 13.1. The fraction of sp³-hybridized carbons (Fsp3) is 0.324. The van der Waals surface area contributed by atoms with Crippen LogP contribution in [0.5, 0.6) is 0 Å². The summed E-state index contributed by atoms with van der Waals surface area (Å²) < 4.78 is 0. The highest BCUT2D eigenvalue weighted by atomic mass is 16.4. The van der Waals surface area contributed by atoms with Gasteiger partial charge in [-0.3, -0.25) is 24.0 Å². The van der Waals surface area contributed by atoms with Crippen molar-refractivity contribution in [2.24, 2.45) is 11.7 Å². The number of carboxylic acids is 1. The van der Waals surface area contributed by atoms with Crippen molar-refractivity contribution in [3.05, 3.63) is 106 Å². The van der Waals surface area contributed by atoms with Crippen molar-refractivity contribution < 1.29 is 29.1 Å². The van der Waals surface area contributed by atoms with Gasteiger partial charge in [0.05, 0.1) is 24.2 Å². The number of aromatic nitrogens is 2. The maximum absolute atomic E-state index is 13.1. The number of nitrogens with zero attached hydrogens (tertiary/aromatic N) is 3. The molecule has 1 aromatic carbocycles. The Morgan fingerprint density at radius 3 is 2.46 bits per heavy atom. The first-order valence-corrected chi connectivity index (χ1v) is 15.2. The molecule has 46 heavy (non-hydrogen) atoms. The molecule has 2 aliphatic carbocycles. The van der Waals surface area contributed by atoms with Crippen LogP contribution >= 0.6 is 0 Å². The molecule has 3 aliphatic rings. The van der Waals surface area contributed by atoms with Crippen LogP contribution in [-0.2, 0) is 22.7 Å². The van der Waals surface area contributed by atoms with Gasteiger partial charge in [-0.05, 0) is 29.5 Å². The van der Waals surface area contributed by atoms with Crippen molar-refractivity contribution in [3.63, 3.8) is 0 Å². The minimum atomic E-state index is -0.898. The normalized spacial score (nSPS) is 17.6. The summed E-state index contributed by atoms with van der Waals surface area (Å²) in [5, 5.41) is 14.9. The Morgan fingerprint density at radius 2 is 1.83 bits per heavy atom. The smallest absolute Gasteiger partial charge is 0.310 e. The second kappa shape index (κ2) is 14.6. The number of hydrogen-bond donors (Lipinski definition) is 4. The number of amides is 2. The third-order valence-corrected chi connectivity index (χ3v) is 7.86. The molecule has 2 heterocycles. The summed E-state index contributed by atoms with van der Waals surface area (Å²) in [6.07, 6.45) is 8.09. The number of carbonyl (C=O) groups is 5. The van der Waals surface area contributed by atoms with Gasteiger partial charge in [0.25, 0.3) is 11.8 Å². The molecule has 0 saturated carbocycles. The number of nitrogens with two attached hydrogens (primary N) is 1. The van der Waals surface area contributed by atoms with Crippen LogP contribution < -0.4 is 16.4 Å². The van der Waals surface area contributed by atoms with Gasteiger partial charge in [-0.25, -0.2) is 9.97 Å². The van der Waals surface area contributed by atoms with E-state index >= 15 is 0 Å². The predicted octanol–water partition coefficient (Wildman–Crippen LogP) is 3.23. The van der Waals surface area contributed by atoms with Crippen molar-refractivity contribution in [1.82, 2.24) is 25.5 Å². The fourth-order valence-corrected chi connectivity index (χ4v) is 5.48. The first kappa shape index (κ1) is 33.5. The molecule has 2 atom stereocenters. The fourth-order valence-electron chi connectivity index (χ4n) is 5.48. The largest absolute Gasteiger partial charge is 0.481 e. The van der Waals surface area contributed by atoms with Crippen LogP contribution in [0.25, 0.3) is 0 Å². The molecule has 1 aliphatic heterocycles. The van der Waals surface area contributed by atoms with Gasteiger partial charge in [-0.15, -0.1) is 0 Å². The molecule has 240 valence electrons. The van der Waals surface area contributed by atoms with Gasteiger partial charge in [0, 0.05) is 30.3 Å². The van der Waals surface area contributed by atoms with Gasteiger partial charge < -0.3 is 26.4 Å². The lowest BCUT2D eigenvalue weighted by Gasteiger charge is -2.36. The van der Waals surface area contributed by atoms with Gasteiger partial charge >= 0.3 is 5.97 Å². The number of aliphatic carboxylic acids is 1. The summed E-state index contributed by atoms with van der Waals surface area (Å²) in [5.74, 6) is -2.90. The van der Waals surface area contributed by atoms with E-state index in [1.54, 1.807) is 29.2 Å². The van der Waals surface area contributed by atoms with Crippen LogP contribution in [0.4, 0.5) is 0 Å². The highest BCUT2D eigenvalue weighted by molar-refractivity contribution is 6.18. The number of allylic oxidation sites excluding steroid dienone is 3. The molecule has 2 unspecified atom stereocenters. The van der Waals surface area contributed by atoms with E-state index in [1.165, 1.54) is 6.07 Å². The van der Waals surface area contributed by atoms with Crippen LogP contribution in [0.1, 0.15) is 82.5 Å². The molecule has 1 aromatic heterocycles. The molecule has 0 radical (unpaired) electrons. The van der Waals surface area contributed by atoms with Crippen molar-refractivity contribution in [2.45, 2.75) is 59.2 Å². The highest BCUT2D eigenvalue weighted by Crippen LogP contribution is 2.33. The Labute approximate surface area is 267 Å². The molecular weight excluding hydrogens is 588 g/mol. The van der Waals surface area contributed by atoms with E-state index < -0.39 is 23.7 Å². The SMILES string of the molecule is C=C1C(=O)C(N)=C1N1CC(=O)c2ccc(CNC(=O)c3cc(C(=O)NC(CCC)C4=CCC(C(=O)O)C=C4)ncn3)cc2C1.CC. The van der Waals surface area contributed by atoms with Gasteiger partial charge in [0.1, 0.15) is 23.4 Å². The Morgan fingerprint density at radius 1 is 1.11 bits per heavy atom. The average Bonchev–Trinajstić information content (AvgIpc) is 3.07. The Bertz CT molecular complexity index is 1690. The van der Waals surface area contributed by atoms with Crippen molar-refractivity contribution in [1.29, 1.82) is 0 Å². The van der Waals surface area contributed by atoms with Crippen LogP contribution in [0.2, 0.25) is 0 Å². The van der Waals surface area contributed by atoms with Gasteiger partial charge in [0.2, 0.25) is 5.78 Å². The first-order chi connectivity index (χ1) is 22.1. The molecule has 0 bridgehead atoms. The van der Waals surface area contributed by atoms with Crippen molar-refractivity contribution >= 4 is 29.4 Å². The molecule has 2 aromatic rings. The summed E-state index contributed by atoms with van der Waals surface area (Å²) in [7, 11) is 0. The third kappa shape index (κ3) is 7.12. The minimum Gasteiger partial charge on any atom is -0.481 e. The van der Waals surface area contributed by atoms with E-state index in [0.29, 0.717) is 30.6 Å². The number of benzene rings is 1. The Balaban J connectivity index is 0.00000235. The zero-order valence-corrected chi connectivity index (χ0v) is 26.1. The second-order valence-corrected chi connectivity index (χ2v) is 10.9. The van der Waals surface area contributed by atoms with Crippen LogP contribution in [0.3, 0.4) is 0 Å². The Hall–Kier alpha value is -5.39. The zero-order chi connectivity index (χ0) is 33.5. The topological polar surface area (TPSA) is 185 Å². The number of ketones is 2. The maximum Gasteiger partial charge on any atom is 0.310 e. The predicted molar refractivity (Wildman–Crippen MR) is 170 cm³/mol. The van der Waals surface area contributed by atoms with Crippen LogP contribution in [0, 0.1) is 5.92 Å². The summed E-state index contributed by atoms with van der Waals surface area (Å²) in [5.41, 5.74) is 9.64. The number of nitrogens with one attached hydrogen (secondary N) is 2.